The number of hydrogen-bond acceptors (Lipinski definition) is 8. The minimum absolute atomic E-state index is 0.126. The van der Waals surface area contributed by atoms with Crippen molar-refractivity contribution >= 4 is 28.9 Å². The van der Waals surface area contributed by atoms with Crippen molar-refractivity contribution in [2.24, 2.45) is 10.2 Å². The first-order chi connectivity index (χ1) is 15.0. The largest absolute Gasteiger partial charge is 0.497 e. The van der Waals surface area contributed by atoms with Crippen molar-refractivity contribution in [1.29, 1.82) is 0 Å². The number of amides is 1. The number of carbonyl (C=O) groups is 2. The molecule has 1 amide bonds. The molecule has 10 nitrogen and oxygen atoms in total. The van der Waals surface area contributed by atoms with Crippen LogP contribution in [0.5, 0.6) is 5.75 Å². The van der Waals surface area contributed by atoms with E-state index in [1.54, 1.807) is 48.5 Å². The maximum atomic E-state index is 12.1. The van der Waals surface area contributed by atoms with Crippen LogP contribution < -0.4 is 10.2 Å². The second-order valence-electron chi connectivity index (χ2n) is 6.08. The van der Waals surface area contributed by atoms with E-state index in [0.29, 0.717) is 22.7 Å². The molecule has 3 rings (SSSR count). The van der Waals surface area contributed by atoms with Crippen molar-refractivity contribution < 1.29 is 24.1 Å². The Morgan fingerprint density at radius 1 is 0.968 bits per heavy atom. The monoisotopic (exact) mass is 420 g/mol. The van der Waals surface area contributed by atoms with Crippen LogP contribution in [0.25, 0.3) is 0 Å². The topological polar surface area (TPSA) is 132 Å². The van der Waals surface area contributed by atoms with Crippen molar-refractivity contribution in [2.75, 3.05) is 12.6 Å². The van der Waals surface area contributed by atoms with Crippen molar-refractivity contribution in [2.45, 2.75) is 0 Å². The standard InChI is InChI=1S/C21H16N4O6/c1-30-19-4-2-3-15(13-19)20(26)23-22-16-7-9-17(10-8-16)24-31-21(27)14-5-11-18(12-6-14)25(28)29/h2-13,24H,1H3. The molecule has 0 unspecified atom stereocenters. The second-order valence-corrected chi connectivity index (χ2v) is 6.08. The molecule has 0 fully saturated rings. The molecule has 0 aliphatic carbocycles. The number of ether oxygens (including phenoxy) is 1. The molecule has 156 valence electrons. The first-order valence-electron chi connectivity index (χ1n) is 8.88. The number of benzene rings is 3. The molecule has 0 saturated heterocycles. The van der Waals surface area contributed by atoms with E-state index < -0.39 is 16.8 Å². The SMILES string of the molecule is COc1cccc(C(=O)N=Nc2ccc(NOC(=O)c3ccc([N+](=O)[O-])cc3)cc2)c1. The summed E-state index contributed by atoms with van der Waals surface area (Å²) >= 11 is 0. The van der Waals surface area contributed by atoms with Gasteiger partial charge in [0.2, 0.25) is 0 Å². The van der Waals surface area contributed by atoms with E-state index in [9.17, 15) is 19.7 Å². The van der Waals surface area contributed by atoms with E-state index in [-0.39, 0.29) is 11.3 Å². The lowest BCUT2D eigenvalue weighted by Gasteiger charge is -2.06. The first-order valence-corrected chi connectivity index (χ1v) is 8.88. The fourth-order valence-electron chi connectivity index (χ4n) is 2.40. The van der Waals surface area contributed by atoms with Crippen LogP contribution >= 0.6 is 0 Å². The van der Waals surface area contributed by atoms with Gasteiger partial charge in [-0.25, -0.2) is 10.3 Å². The third-order valence-corrected chi connectivity index (χ3v) is 4.02. The molecule has 3 aromatic rings. The Balaban J connectivity index is 1.56. The van der Waals surface area contributed by atoms with Gasteiger partial charge in [-0.3, -0.25) is 14.9 Å². The summed E-state index contributed by atoms with van der Waals surface area (Å²) in [4.78, 5) is 39.1. The molecule has 1 N–H and O–H groups in total. The number of hydrogen-bond donors (Lipinski definition) is 1. The highest BCUT2D eigenvalue weighted by Crippen LogP contribution is 2.19. The molecule has 0 radical (unpaired) electrons. The van der Waals surface area contributed by atoms with Gasteiger partial charge in [-0.2, -0.15) is 0 Å². The average molecular weight is 420 g/mol. The molecule has 0 heterocycles. The number of methoxy groups -OCH3 is 1. The van der Waals surface area contributed by atoms with Gasteiger partial charge in [0, 0.05) is 17.7 Å². The van der Waals surface area contributed by atoms with Crippen molar-refractivity contribution in [1.82, 2.24) is 0 Å². The maximum absolute atomic E-state index is 12.1. The highest BCUT2D eigenvalue weighted by molar-refractivity contribution is 5.95. The minimum Gasteiger partial charge on any atom is -0.497 e. The van der Waals surface area contributed by atoms with Gasteiger partial charge in [0.15, 0.2) is 0 Å². The van der Waals surface area contributed by atoms with Gasteiger partial charge >= 0.3 is 5.97 Å². The van der Waals surface area contributed by atoms with Gasteiger partial charge in [0.05, 0.1) is 29.0 Å². The molecule has 3 aromatic carbocycles. The van der Waals surface area contributed by atoms with Crippen LogP contribution in [-0.4, -0.2) is 23.9 Å². The summed E-state index contributed by atoms with van der Waals surface area (Å²) in [6, 6.07) is 17.9. The predicted molar refractivity (Wildman–Crippen MR) is 110 cm³/mol. The lowest BCUT2D eigenvalue weighted by molar-refractivity contribution is -0.384. The summed E-state index contributed by atoms with van der Waals surface area (Å²) < 4.78 is 5.07. The van der Waals surface area contributed by atoms with Crippen LogP contribution in [0, 0.1) is 10.1 Å². The van der Waals surface area contributed by atoms with Crippen LogP contribution in [0.2, 0.25) is 0 Å². The number of nitro groups is 1. The Morgan fingerprint density at radius 2 is 1.68 bits per heavy atom. The Kier molecular flexibility index (Phi) is 6.64. The molecule has 0 spiro atoms. The summed E-state index contributed by atoms with van der Waals surface area (Å²) in [5, 5.41) is 18.2. The average Bonchev–Trinajstić information content (AvgIpc) is 2.81. The quantitative estimate of drug-likeness (QED) is 0.332. The van der Waals surface area contributed by atoms with E-state index in [2.05, 4.69) is 15.7 Å². The van der Waals surface area contributed by atoms with E-state index in [1.165, 1.54) is 31.4 Å². The number of non-ortho nitro benzene ring substituents is 1. The summed E-state index contributed by atoms with van der Waals surface area (Å²) in [7, 11) is 1.50. The smallest absolute Gasteiger partial charge is 0.362 e. The molecule has 0 bridgehead atoms. The summed E-state index contributed by atoms with van der Waals surface area (Å²) in [5.41, 5.74) is 3.72. The number of azo groups is 1. The molecule has 10 heteroatoms. The van der Waals surface area contributed by atoms with E-state index >= 15 is 0 Å². The van der Waals surface area contributed by atoms with Gasteiger partial charge < -0.3 is 9.57 Å². The Morgan fingerprint density at radius 3 is 2.32 bits per heavy atom. The number of nitro benzene ring substituents is 1. The van der Waals surface area contributed by atoms with Gasteiger partial charge in [0.25, 0.3) is 11.6 Å². The lowest BCUT2D eigenvalue weighted by atomic mass is 10.2. The van der Waals surface area contributed by atoms with Gasteiger partial charge in [-0.15, -0.1) is 10.2 Å². The second kappa shape index (κ2) is 9.74. The molecule has 0 aromatic heterocycles. The van der Waals surface area contributed by atoms with Crippen molar-refractivity contribution in [3.8, 4) is 5.75 Å². The molecule has 31 heavy (non-hydrogen) atoms. The minimum atomic E-state index is -0.706. The lowest BCUT2D eigenvalue weighted by Crippen LogP contribution is -2.10. The molecule has 0 atom stereocenters. The molecular weight excluding hydrogens is 404 g/mol. The van der Waals surface area contributed by atoms with E-state index in [4.69, 9.17) is 9.57 Å². The number of rotatable bonds is 7. The molecule has 0 saturated carbocycles. The van der Waals surface area contributed by atoms with Gasteiger partial charge in [-0.05, 0) is 54.6 Å². The number of anilines is 1. The molecular formula is C21H16N4O6. The van der Waals surface area contributed by atoms with Gasteiger partial charge in [0.1, 0.15) is 5.75 Å². The highest BCUT2D eigenvalue weighted by atomic mass is 16.7. The fraction of sp³-hybridized carbons (Fsp3) is 0.0476. The maximum Gasteiger partial charge on any atom is 0.362 e. The van der Waals surface area contributed by atoms with Crippen LogP contribution in [-0.2, 0) is 4.84 Å². The zero-order valence-corrected chi connectivity index (χ0v) is 16.2. The third kappa shape index (κ3) is 5.70. The normalized spacial score (nSPS) is 10.5. The number of nitrogens with zero attached hydrogens (tertiary/aromatic N) is 3. The van der Waals surface area contributed by atoms with E-state index in [0.717, 1.165) is 0 Å². The van der Waals surface area contributed by atoms with Crippen LogP contribution in [0.4, 0.5) is 17.1 Å². The zero-order chi connectivity index (χ0) is 22.2. The summed E-state index contributed by atoms with van der Waals surface area (Å²) in [6.45, 7) is 0. The van der Waals surface area contributed by atoms with Crippen LogP contribution in [0.3, 0.4) is 0 Å². The van der Waals surface area contributed by atoms with Crippen LogP contribution in [0.15, 0.2) is 83.0 Å². The fourth-order valence-corrected chi connectivity index (χ4v) is 2.40. The number of nitrogens with one attached hydrogen (secondary N) is 1. The van der Waals surface area contributed by atoms with Crippen molar-refractivity contribution in [3.05, 3.63) is 94.0 Å². The number of carbonyl (C=O) groups excluding carboxylic acids is 2. The molecule has 0 aliphatic heterocycles. The van der Waals surface area contributed by atoms with Crippen LogP contribution in [0.1, 0.15) is 20.7 Å². The van der Waals surface area contributed by atoms with E-state index in [1.807, 2.05) is 0 Å². The predicted octanol–water partition coefficient (Wildman–Crippen LogP) is 4.71. The van der Waals surface area contributed by atoms with Crippen molar-refractivity contribution in [3.63, 3.8) is 0 Å². The highest BCUT2D eigenvalue weighted by Gasteiger charge is 2.11. The summed E-state index contributed by atoms with van der Waals surface area (Å²) in [6.07, 6.45) is 0. The first kappa shape index (κ1) is 21.1. The molecule has 0 aliphatic rings. The Hall–Kier alpha value is -4.60. The Bertz CT molecular complexity index is 1130. The zero-order valence-electron chi connectivity index (χ0n) is 16.2. The third-order valence-electron chi connectivity index (χ3n) is 4.02. The Labute approximate surface area is 176 Å². The summed E-state index contributed by atoms with van der Waals surface area (Å²) in [5.74, 6) is -0.680. The van der Waals surface area contributed by atoms with Gasteiger partial charge in [-0.1, -0.05) is 6.07 Å².